The maximum Gasteiger partial charge on any atom is 0.254 e. The van der Waals surface area contributed by atoms with Gasteiger partial charge in [0.05, 0.1) is 0 Å². The van der Waals surface area contributed by atoms with Crippen LogP contribution in [0.5, 0.6) is 5.75 Å². The van der Waals surface area contributed by atoms with E-state index < -0.39 is 0 Å². The van der Waals surface area contributed by atoms with E-state index in [1.165, 1.54) is 0 Å². The van der Waals surface area contributed by atoms with Gasteiger partial charge in [-0.2, -0.15) is 0 Å². The molecule has 4 nitrogen and oxygen atoms in total. The molecule has 1 heterocycles. The molecular weight excluding hydrogens is 312 g/mol. The minimum atomic E-state index is 0.116. The number of hydrogen-bond donors (Lipinski definition) is 1. The molecule has 0 aliphatic carbocycles. The van der Waals surface area contributed by atoms with Gasteiger partial charge in [-0.25, -0.2) is 0 Å². The number of carbonyl (C=O) groups excluding carboxylic acids is 1. The van der Waals surface area contributed by atoms with E-state index in [1.807, 2.05) is 59.5 Å². The van der Waals surface area contributed by atoms with Crippen molar-refractivity contribution in [1.82, 2.24) is 10.2 Å². The zero-order valence-electron chi connectivity index (χ0n) is 14.8. The summed E-state index contributed by atoms with van der Waals surface area (Å²) in [5.74, 6) is 0.898. The summed E-state index contributed by atoms with van der Waals surface area (Å²) in [6.07, 6.45) is 2.00. The first-order chi connectivity index (χ1) is 12.3. The van der Waals surface area contributed by atoms with Gasteiger partial charge in [-0.1, -0.05) is 37.3 Å². The molecule has 1 fully saturated rings. The van der Waals surface area contributed by atoms with Crippen LogP contribution in [0.2, 0.25) is 0 Å². The predicted molar refractivity (Wildman–Crippen MR) is 99.8 cm³/mol. The SMILES string of the molecule is CCCN(C(=O)c1ccc(OCc2ccccc2)cc1)C1CCNC1. The molecule has 1 aliphatic rings. The first kappa shape index (κ1) is 17.5. The first-order valence-corrected chi connectivity index (χ1v) is 9.06. The number of nitrogens with one attached hydrogen (secondary N) is 1. The van der Waals surface area contributed by atoms with E-state index >= 15 is 0 Å². The molecule has 2 aromatic rings. The van der Waals surface area contributed by atoms with Gasteiger partial charge in [0.2, 0.25) is 0 Å². The van der Waals surface area contributed by atoms with E-state index in [9.17, 15) is 4.79 Å². The summed E-state index contributed by atoms with van der Waals surface area (Å²) in [6.45, 7) is 5.33. The van der Waals surface area contributed by atoms with Crippen LogP contribution >= 0.6 is 0 Å². The average molecular weight is 338 g/mol. The fraction of sp³-hybridized carbons (Fsp3) is 0.381. The fourth-order valence-electron chi connectivity index (χ4n) is 3.20. The third kappa shape index (κ3) is 4.60. The number of hydrogen-bond acceptors (Lipinski definition) is 3. The summed E-state index contributed by atoms with van der Waals surface area (Å²) in [4.78, 5) is 14.9. The standard InChI is InChI=1S/C21H26N2O2/c1-2-14-23(19-12-13-22-15-19)21(24)18-8-10-20(11-9-18)25-16-17-6-4-3-5-7-17/h3-11,19,22H,2,12-16H2,1H3. The minimum Gasteiger partial charge on any atom is -0.489 e. The lowest BCUT2D eigenvalue weighted by Crippen LogP contribution is -2.42. The molecule has 1 unspecified atom stereocenters. The molecule has 1 saturated heterocycles. The highest BCUT2D eigenvalue weighted by atomic mass is 16.5. The van der Waals surface area contributed by atoms with Gasteiger partial charge >= 0.3 is 0 Å². The largest absolute Gasteiger partial charge is 0.489 e. The third-order valence-electron chi connectivity index (χ3n) is 4.55. The molecular formula is C21H26N2O2. The van der Waals surface area contributed by atoms with Gasteiger partial charge in [0, 0.05) is 24.7 Å². The molecule has 4 heteroatoms. The van der Waals surface area contributed by atoms with Crippen LogP contribution in [-0.2, 0) is 6.61 Å². The molecule has 0 saturated carbocycles. The smallest absolute Gasteiger partial charge is 0.254 e. The lowest BCUT2D eigenvalue weighted by molar-refractivity contribution is 0.0692. The predicted octanol–water partition coefficient (Wildman–Crippen LogP) is 3.48. The van der Waals surface area contributed by atoms with Crippen LogP contribution in [0.15, 0.2) is 54.6 Å². The minimum absolute atomic E-state index is 0.116. The monoisotopic (exact) mass is 338 g/mol. The van der Waals surface area contributed by atoms with Gasteiger partial charge in [-0.3, -0.25) is 4.79 Å². The number of amides is 1. The number of benzene rings is 2. The Morgan fingerprint density at radius 3 is 2.56 bits per heavy atom. The number of carbonyl (C=O) groups is 1. The van der Waals surface area contributed by atoms with Crippen molar-refractivity contribution in [2.45, 2.75) is 32.4 Å². The molecule has 1 aliphatic heterocycles. The lowest BCUT2D eigenvalue weighted by atomic mass is 10.1. The molecule has 1 atom stereocenters. The Labute approximate surface area is 149 Å². The van der Waals surface area contributed by atoms with Crippen molar-refractivity contribution < 1.29 is 9.53 Å². The second-order valence-electron chi connectivity index (χ2n) is 6.44. The molecule has 3 rings (SSSR count). The molecule has 0 bridgehead atoms. The summed E-state index contributed by atoms with van der Waals surface area (Å²) in [7, 11) is 0. The Bertz CT molecular complexity index is 664. The van der Waals surface area contributed by atoms with E-state index in [4.69, 9.17) is 4.74 Å². The van der Waals surface area contributed by atoms with Crippen molar-refractivity contribution in [3.63, 3.8) is 0 Å². The summed E-state index contributed by atoms with van der Waals surface area (Å²) < 4.78 is 5.80. The molecule has 1 N–H and O–H groups in total. The zero-order chi connectivity index (χ0) is 17.5. The molecule has 0 aromatic heterocycles. The highest BCUT2D eigenvalue weighted by molar-refractivity contribution is 5.94. The molecule has 25 heavy (non-hydrogen) atoms. The maximum absolute atomic E-state index is 12.9. The second-order valence-corrected chi connectivity index (χ2v) is 6.44. The third-order valence-corrected chi connectivity index (χ3v) is 4.55. The van der Waals surface area contributed by atoms with Crippen molar-refractivity contribution in [2.75, 3.05) is 19.6 Å². The van der Waals surface area contributed by atoms with Crippen LogP contribution in [0.25, 0.3) is 0 Å². The molecule has 2 aromatic carbocycles. The number of rotatable bonds is 7. The summed E-state index contributed by atoms with van der Waals surface area (Å²) in [6, 6.07) is 17.9. The summed E-state index contributed by atoms with van der Waals surface area (Å²) >= 11 is 0. The van der Waals surface area contributed by atoms with Crippen LogP contribution in [0.4, 0.5) is 0 Å². The van der Waals surface area contributed by atoms with Crippen molar-refractivity contribution in [3.05, 3.63) is 65.7 Å². The number of ether oxygens (including phenoxy) is 1. The Morgan fingerprint density at radius 2 is 1.92 bits per heavy atom. The van der Waals surface area contributed by atoms with E-state index in [0.717, 1.165) is 49.4 Å². The second kappa shape index (κ2) is 8.67. The summed E-state index contributed by atoms with van der Waals surface area (Å²) in [5, 5.41) is 3.35. The fourth-order valence-corrected chi connectivity index (χ4v) is 3.20. The quantitative estimate of drug-likeness (QED) is 0.840. The molecule has 132 valence electrons. The Kier molecular flexibility index (Phi) is 6.07. The average Bonchev–Trinajstić information content (AvgIpc) is 3.19. The highest BCUT2D eigenvalue weighted by Crippen LogP contribution is 2.18. The number of nitrogens with zero attached hydrogens (tertiary/aromatic N) is 1. The Hall–Kier alpha value is -2.33. The Balaban J connectivity index is 1.62. The highest BCUT2D eigenvalue weighted by Gasteiger charge is 2.26. The van der Waals surface area contributed by atoms with E-state index in [0.29, 0.717) is 12.6 Å². The zero-order valence-corrected chi connectivity index (χ0v) is 14.8. The van der Waals surface area contributed by atoms with Crippen molar-refractivity contribution in [1.29, 1.82) is 0 Å². The summed E-state index contributed by atoms with van der Waals surface area (Å²) in [5.41, 5.74) is 1.86. The van der Waals surface area contributed by atoms with Crippen molar-refractivity contribution in [2.24, 2.45) is 0 Å². The van der Waals surface area contributed by atoms with Crippen LogP contribution in [0, 0.1) is 0 Å². The van der Waals surface area contributed by atoms with Gasteiger partial charge in [0.25, 0.3) is 5.91 Å². The molecule has 0 radical (unpaired) electrons. The van der Waals surface area contributed by atoms with Gasteiger partial charge in [-0.05, 0) is 49.2 Å². The van der Waals surface area contributed by atoms with Gasteiger partial charge in [0.1, 0.15) is 12.4 Å². The lowest BCUT2D eigenvalue weighted by Gasteiger charge is -2.28. The van der Waals surface area contributed by atoms with Crippen LogP contribution in [0.1, 0.15) is 35.7 Å². The normalized spacial score (nSPS) is 16.6. The Morgan fingerprint density at radius 1 is 1.16 bits per heavy atom. The van der Waals surface area contributed by atoms with Crippen molar-refractivity contribution >= 4 is 5.91 Å². The van der Waals surface area contributed by atoms with E-state index in [-0.39, 0.29) is 5.91 Å². The van der Waals surface area contributed by atoms with Gasteiger partial charge in [0.15, 0.2) is 0 Å². The van der Waals surface area contributed by atoms with E-state index in [1.54, 1.807) is 0 Å². The first-order valence-electron chi connectivity index (χ1n) is 9.06. The van der Waals surface area contributed by atoms with Gasteiger partial charge < -0.3 is 15.0 Å². The van der Waals surface area contributed by atoms with Crippen LogP contribution in [-0.4, -0.2) is 36.5 Å². The van der Waals surface area contributed by atoms with Gasteiger partial charge in [-0.15, -0.1) is 0 Å². The van der Waals surface area contributed by atoms with Crippen molar-refractivity contribution in [3.8, 4) is 5.75 Å². The maximum atomic E-state index is 12.9. The van der Waals surface area contributed by atoms with E-state index in [2.05, 4.69) is 12.2 Å². The molecule has 0 spiro atoms. The topological polar surface area (TPSA) is 41.6 Å². The van der Waals surface area contributed by atoms with Crippen LogP contribution < -0.4 is 10.1 Å². The molecule has 1 amide bonds. The van der Waals surface area contributed by atoms with Crippen LogP contribution in [0.3, 0.4) is 0 Å².